The van der Waals surface area contributed by atoms with Gasteiger partial charge in [-0.2, -0.15) is 5.26 Å². The van der Waals surface area contributed by atoms with E-state index in [1.807, 2.05) is 6.07 Å². The molecule has 1 aromatic heterocycles. The molecular formula is C19H16F2N6OS. The van der Waals surface area contributed by atoms with Crippen LogP contribution >= 0.6 is 11.8 Å². The van der Waals surface area contributed by atoms with Gasteiger partial charge in [0.05, 0.1) is 23.9 Å². The van der Waals surface area contributed by atoms with E-state index in [0.717, 1.165) is 16.4 Å². The number of halogens is 2. The molecule has 10 heteroatoms. The average molecular weight is 414 g/mol. The van der Waals surface area contributed by atoms with E-state index in [9.17, 15) is 13.6 Å². The molecule has 3 aromatic rings. The number of rotatable bonds is 7. The minimum Gasteiger partial charge on any atom is -0.335 e. The predicted molar refractivity (Wildman–Crippen MR) is 105 cm³/mol. The number of amides is 1. The van der Waals surface area contributed by atoms with Crippen LogP contribution < -0.4 is 10.7 Å². The van der Waals surface area contributed by atoms with Crippen LogP contribution in [0, 0.1) is 23.0 Å². The summed E-state index contributed by atoms with van der Waals surface area (Å²) in [6.45, 7) is 0.0562. The average Bonchev–Trinajstić information content (AvgIpc) is 3.08. The van der Waals surface area contributed by atoms with E-state index in [-0.39, 0.29) is 35.4 Å². The first-order chi connectivity index (χ1) is 14.0. The third-order valence-corrected chi connectivity index (χ3v) is 4.89. The van der Waals surface area contributed by atoms with E-state index in [2.05, 4.69) is 10.2 Å². The molecule has 2 N–H and O–H groups in total. The third-order valence-electron chi connectivity index (χ3n) is 3.96. The molecule has 0 aliphatic rings. The minimum atomic E-state index is -0.556. The minimum absolute atomic E-state index is 0.0562. The third kappa shape index (κ3) is 4.70. The van der Waals surface area contributed by atoms with Crippen molar-refractivity contribution in [1.82, 2.24) is 14.9 Å². The first kappa shape index (κ1) is 20.3. The Morgan fingerprint density at radius 3 is 2.72 bits per heavy atom. The van der Waals surface area contributed by atoms with Crippen molar-refractivity contribution in [2.75, 3.05) is 23.0 Å². The molecule has 1 amide bonds. The zero-order chi connectivity index (χ0) is 20.8. The smallest absolute Gasteiger partial charge is 0.237 e. The molecule has 0 aliphatic carbocycles. The molecule has 0 unspecified atom stereocenters. The van der Waals surface area contributed by atoms with Crippen molar-refractivity contribution in [3.63, 3.8) is 0 Å². The summed E-state index contributed by atoms with van der Waals surface area (Å²) in [5.41, 5.74) is 0.545. The molecule has 1 heterocycles. The molecular weight excluding hydrogens is 398 g/mol. The number of nitrogens with zero attached hydrogens (tertiary/aromatic N) is 5. The van der Waals surface area contributed by atoms with Gasteiger partial charge in [-0.25, -0.2) is 13.5 Å². The predicted octanol–water partition coefficient (Wildman–Crippen LogP) is 2.98. The van der Waals surface area contributed by atoms with Crippen LogP contribution in [-0.4, -0.2) is 33.1 Å². The SMILES string of the molecule is N#CCCN(C(=O)CSc1nnc(-c2cccc(F)c2)n1N)c1ccccc1F. The largest absolute Gasteiger partial charge is 0.335 e. The van der Waals surface area contributed by atoms with Crippen LogP contribution in [0.25, 0.3) is 11.4 Å². The first-order valence-corrected chi connectivity index (χ1v) is 9.51. The highest BCUT2D eigenvalue weighted by Crippen LogP contribution is 2.24. The fourth-order valence-electron chi connectivity index (χ4n) is 2.62. The fraction of sp³-hybridized carbons (Fsp3) is 0.158. The highest BCUT2D eigenvalue weighted by molar-refractivity contribution is 7.99. The molecule has 29 heavy (non-hydrogen) atoms. The van der Waals surface area contributed by atoms with E-state index in [1.54, 1.807) is 12.1 Å². The normalized spacial score (nSPS) is 10.5. The van der Waals surface area contributed by atoms with Crippen molar-refractivity contribution >= 4 is 23.4 Å². The summed E-state index contributed by atoms with van der Waals surface area (Å²) < 4.78 is 28.7. The van der Waals surface area contributed by atoms with Gasteiger partial charge < -0.3 is 10.7 Å². The van der Waals surface area contributed by atoms with Gasteiger partial charge in [-0.1, -0.05) is 36.0 Å². The number of nitrogen functional groups attached to an aromatic ring is 1. The second-order valence-electron chi connectivity index (χ2n) is 5.88. The maximum absolute atomic E-state index is 14.1. The maximum Gasteiger partial charge on any atom is 0.237 e. The number of nitrogens with two attached hydrogens (primary N) is 1. The number of para-hydroxylation sites is 1. The number of carbonyl (C=O) groups excluding carboxylic acids is 1. The number of carbonyl (C=O) groups is 1. The monoisotopic (exact) mass is 414 g/mol. The Hall–Kier alpha value is -3.45. The number of thioether (sulfide) groups is 1. The van der Waals surface area contributed by atoms with E-state index in [0.29, 0.717) is 5.56 Å². The Labute approximate surface area is 169 Å². The van der Waals surface area contributed by atoms with Crippen molar-refractivity contribution in [3.8, 4) is 17.5 Å². The standard InChI is InChI=1S/C19H16F2N6OS/c20-14-6-3-5-13(11-14)18-24-25-19(27(18)23)29-12-17(28)26(10-4-9-22)16-8-2-1-7-15(16)21/h1-3,5-8,11H,4,10,12,23H2. The van der Waals surface area contributed by atoms with Gasteiger partial charge in [0.15, 0.2) is 5.82 Å². The Morgan fingerprint density at radius 2 is 2.00 bits per heavy atom. The summed E-state index contributed by atoms with van der Waals surface area (Å²) in [6, 6.07) is 13.5. The van der Waals surface area contributed by atoms with Gasteiger partial charge in [0, 0.05) is 12.1 Å². The van der Waals surface area contributed by atoms with Gasteiger partial charge in [0.2, 0.25) is 11.1 Å². The quantitative estimate of drug-likeness (QED) is 0.471. The summed E-state index contributed by atoms with van der Waals surface area (Å²) in [5, 5.41) is 17.0. The van der Waals surface area contributed by atoms with Crippen LogP contribution in [0.15, 0.2) is 53.7 Å². The zero-order valence-electron chi connectivity index (χ0n) is 15.1. The van der Waals surface area contributed by atoms with Gasteiger partial charge in [0.25, 0.3) is 0 Å². The zero-order valence-corrected chi connectivity index (χ0v) is 15.9. The molecule has 2 aromatic carbocycles. The Bertz CT molecular complexity index is 1060. The van der Waals surface area contributed by atoms with Crippen molar-refractivity contribution < 1.29 is 13.6 Å². The van der Waals surface area contributed by atoms with Crippen LogP contribution in [0.4, 0.5) is 14.5 Å². The summed E-state index contributed by atoms with van der Waals surface area (Å²) in [6.07, 6.45) is 0.0571. The molecule has 0 saturated carbocycles. The lowest BCUT2D eigenvalue weighted by molar-refractivity contribution is -0.116. The number of anilines is 1. The number of nitriles is 1. The van der Waals surface area contributed by atoms with Gasteiger partial charge in [-0.3, -0.25) is 4.79 Å². The highest BCUT2D eigenvalue weighted by Gasteiger charge is 2.21. The van der Waals surface area contributed by atoms with Gasteiger partial charge in [0.1, 0.15) is 11.6 Å². The second-order valence-corrected chi connectivity index (χ2v) is 6.82. The topological polar surface area (TPSA) is 101 Å². The summed E-state index contributed by atoms with van der Waals surface area (Å²) in [5.74, 6) is 4.73. The van der Waals surface area contributed by atoms with Crippen molar-refractivity contribution in [1.29, 1.82) is 5.26 Å². The molecule has 0 radical (unpaired) electrons. The van der Waals surface area contributed by atoms with E-state index < -0.39 is 17.5 Å². The van der Waals surface area contributed by atoms with Crippen molar-refractivity contribution in [3.05, 3.63) is 60.2 Å². The summed E-state index contributed by atoms with van der Waals surface area (Å²) >= 11 is 1.01. The molecule has 0 aliphatic heterocycles. The van der Waals surface area contributed by atoms with Crippen LogP contribution in [0.2, 0.25) is 0 Å². The number of hydrogen-bond acceptors (Lipinski definition) is 6. The van der Waals surface area contributed by atoms with E-state index >= 15 is 0 Å². The van der Waals surface area contributed by atoms with Crippen molar-refractivity contribution in [2.24, 2.45) is 0 Å². The lowest BCUT2D eigenvalue weighted by Gasteiger charge is -2.22. The Morgan fingerprint density at radius 1 is 1.21 bits per heavy atom. The van der Waals surface area contributed by atoms with Crippen LogP contribution in [0.1, 0.15) is 6.42 Å². The molecule has 0 bridgehead atoms. The lowest BCUT2D eigenvalue weighted by Crippen LogP contribution is -2.34. The van der Waals surface area contributed by atoms with E-state index in [1.165, 1.54) is 41.3 Å². The van der Waals surface area contributed by atoms with Gasteiger partial charge in [-0.15, -0.1) is 10.2 Å². The summed E-state index contributed by atoms with van der Waals surface area (Å²) in [4.78, 5) is 13.9. The van der Waals surface area contributed by atoms with Crippen molar-refractivity contribution in [2.45, 2.75) is 11.6 Å². The first-order valence-electron chi connectivity index (χ1n) is 8.52. The molecule has 0 fully saturated rings. The van der Waals surface area contributed by atoms with Crippen LogP contribution in [0.3, 0.4) is 0 Å². The molecule has 148 valence electrons. The number of benzene rings is 2. The van der Waals surface area contributed by atoms with Crippen LogP contribution in [-0.2, 0) is 4.79 Å². The molecule has 0 atom stereocenters. The van der Waals surface area contributed by atoms with Gasteiger partial charge in [-0.05, 0) is 24.3 Å². The lowest BCUT2D eigenvalue weighted by atomic mass is 10.2. The molecule has 7 nitrogen and oxygen atoms in total. The Balaban J connectivity index is 1.75. The fourth-order valence-corrected chi connectivity index (χ4v) is 3.35. The molecule has 3 rings (SSSR count). The highest BCUT2D eigenvalue weighted by atomic mass is 32.2. The second kappa shape index (κ2) is 9.16. The number of aromatic nitrogens is 3. The van der Waals surface area contributed by atoms with Gasteiger partial charge >= 0.3 is 0 Å². The number of hydrogen-bond donors (Lipinski definition) is 1. The molecule has 0 saturated heterocycles. The maximum atomic E-state index is 14.1. The van der Waals surface area contributed by atoms with Crippen LogP contribution in [0.5, 0.6) is 0 Å². The summed E-state index contributed by atoms with van der Waals surface area (Å²) in [7, 11) is 0. The van der Waals surface area contributed by atoms with E-state index in [4.69, 9.17) is 11.1 Å². The molecule has 0 spiro atoms. The Kier molecular flexibility index (Phi) is 6.41.